The van der Waals surface area contributed by atoms with E-state index < -0.39 is 5.82 Å². The lowest BCUT2D eigenvalue weighted by Crippen LogP contribution is -2.12. The average molecular weight is 252 g/mol. The van der Waals surface area contributed by atoms with Crippen LogP contribution < -0.4 is 5.73 Å². The Morgan fingerprint density at radius 1 is 1.47 bits per heavy atom. The molecule has 0 radical (unpaired) electrons. The Morgan fingerprint density at radius 3 is 2.60 bits per heavy atom. The maximum Gasteiger partial charge on any atom is 0.166 e. The summed E-state index contributed by atoms with van der Waals surface area (Å²) in [6.45, 7) is 0. The summed E-state index contributed by atoms with van der Waals surface area (Å²) in [5.41, 5.74) is 6.27. The smallest absolute Gasteiger partial charge is 0.166 e. The van der Waals surface area contributed by atoms with Crippen molar-refractivity contribution in [2.45, 2.75) is 18.9 Å². The van der Waals surface area contributed by atoms with Crippen LogP contribution in [-0.2, 0) is 0 Å². The van der Waals surface area contributed by atoms with Crippen molar-refractivity contribution in [2.75, 3.05) is 0 Å². The van der Waals surface area contributed by atoms with Crippen LogP contribution in [0.15, 0.2) is 12.1 Å². The molecule has 0 amide bonds. The highest BCUT2D eigenvalue weighted by Gasteiger charge is 2.31. The second-order valence-corrected chi connectivity index (χ2v) is 4.13. The molecule has 2 rings (SSSR count). The minimum atomic E-state index is -0.705. The third kappa shape index (κ3) is 2.54. The lowest BCUT2D eigenvalue weighted by Gasteiger charge is -2.13. The highest BCUT2D eigenvalue weighted by atomic mass is 35.5. The number of benzene rings is 1. The number of phenolic OH excluding ortho intramolecular Hbond substituents is 1. The van der Waals surface area contributed by atoms with Crippen LogP contribution in [-0.4, -0.2) is 5.11 Å². The van der Waals surface area contributed by atoms with E-state index in [1.807, 2.05) is 0 Å². The van der Waals surface area contributed by atoms with Crippen molar-refractivity contribution in [2.24, 2.45) is 11.7 Å². The van der Waals surface area contributed by atoms with Gasteiger partial charge in [-0.1, -0.05) is 11.6 Å². The molecule has 3 N–H and O–H groups in total. The van der Waals surface area contributed by atoms with Gasteiger partial charge in [0.1, 0.15) is 0 Å². The molecule has 0 saturated heterocycles. The fraction of sp³-hybridized carbons (Fsp3) is 0.400. The predicted octanol–water partition coefficient (Wildman–Crippen LogP) is 3.02. The molecule has 15 heavy (non-hydrogen) atoms. The second-order valence-electron chi connectivity index (χ2n) is 3.69. The molecule has 1 aromatic carbocycles. The minimum Gasteiger partial charge on any atom is -0.505 e. The molecule has 0 heterocycles. The number of halogens is 3. The van der Waals surface area contributed by atoms with Gasteiger partial charge in [-0.2, -0.15) is 0 Å². The Labute approximate surface area is 98.6 Å². The number of hydrogen-bond donors (Lipinski definition) is 2. The third-order valence-electron chi connectivity index (χ3n) is 2.55. The molecule has 1 atom stereocenters. The molecule has 5 heteroatoms. The first kappa shape index (κ1) is 12.6. The zero-order valence-electron chi connectivity index (χ0n) is 7.91. The molecule has 0 aromatic heterocycles. The van der Waals surface area contributed by atoms with Gasteiger partial charge in [0.15, 0.2) is 11.6 Å². The van der Waals surface area contributed by atoms with Gasteiger partial charge in [-0.25, -0.2) is 4.39 Å². The summed E-state index contributed by atoms with van der Waals surface area (Å²) in [5, 5.41) is 9.73. The molecule has 1 aliphatic carbocycles. The molecule has 84 valence electrons. The molecule has 0 unspecified atom stereocenters. The standard InChI is InChI=1S/C10H11ClFNO.ClH/c11-6-3-7(9(13)5-1-2-5)10(14)8(12)4-6;/h3-5,9,14H,1-2,13H2;1H/t9-;/m0./s1. The fourth-order valence-corrected chi connectivity index (χ4v) is 1.76. The topological polar surface area (TPSA) is 46.2 Å². The van der Waals surface area contributed by atoms with Crippen molar-refractivity contribution in [3.05, 3.63) is 28.5 Å². The van der Waals surface area contributed by atoms with E-state index >= 15 is 0 Å². The summed E-state index contributed by atoms with van der Waals surface area (Å²) in [4.78, 5) is 0. The van der Waals surface area contributed by atoms with Crippen LogP contribution in [0, 0.1) is 11.7 Å². The van der Waals surface area contributed by atoms with E-state index in [0.29, 0.717) is 11.5 Å². The summed E-state index contributed by atoms with van der Waals surface area (Å²) in [7, 11) is 0. The van der Waals surface area contributed by atoms with Gasteiger partial charge in [-0.15, -0.1) is 12.4 Å². The summed E-state index contributed by atoms with van der Waals surface area (Å²) >= 11 is 5.68. The van der Waals surface area contributed by atoms with Gasteiger partial charge in [0.2, 0.25) is 0 Å². The van der Waals surface area contributed by atoms with E-state index in [4.69, 9.17) is 17.3 Å². The molecule has 0 spiro atoms. The van der Waals surface area contributed by atoms with E-state index in [2.05, 4.69) is 0 Å². The van der Waals surface area contributed by atoms with E-state index in [0.717, 1.165) is 18.9 Å². The van der Waals surface area contributed by atoms with Crippen molar-refractivity contribution in [1.29, 1.82) is 0 Å². The molecule has 1 aliphatic rings. The number of phenols is 1. The van der Waals surface area contributed by atoms with E-state index in [-0.39, 0.29) is 29.2 Å². The van der Waals surface area contributed by atoms with Crippen LogP contribution in [0.5, 0.6) is 5.75 Å². The Balaban J connectivity index is 0.00000112. The number of rotatable bonds is 2. The molecule has 0 aliphatic heterocycles. The second kappa shape index (κ2) is 4.56. The van der Waals surface area contributed by atoms with Gasteiger partial charge < -0.3 is 10.8 Å². The largest absolute Gasteiger partial charge is 0.505 e. The van der Waals surface area contributed by atoms with Crippen molar-refractivity contribution in [1.82, 2.24) is 0 Å². The molecule has 1 fully saturated rings. The first-order valence-corrected chi connectivity index (χ1v) is 4.91. The summed E-state index contributed by atoms with van der Waals surface area (Å²) in [6.07, 6.45) is 2.07. The highest BCUT2D eigenvalue weighted by Crippen LogP contribution is 2.43. The van der Waals surface area contributed by atoms with Gasteiger partial charge >= 0.3 is 0 Å². The summed E-state index contributed by atoms with van der Waals surface area (Å²) in [6, 6.07) is 2.31. The lowest BCUT2D eigenvalue weighted by atomic mass is 10.0. The van der Waals surface area contributed by atoms with Gasteiger partial charge in [-0.3, -0.25) is 0 Å². The molecule has 2 nitrogen and oxygen atoms in total. The third-order valence-corrected chi connectivity index (χ3v) is 2.76. The molecular formula is C10H12Cl2FNO. The van der Waals surface area contributed by atoms with Gasteiger partial charge in [0, 0.05) is 16.6 Å². The number of nitrogens with two attached hydrogens (primary N) is 1. The first-order valence-electron chi connectivity index (χ1n) is 4.53. The van der Waals surface area contributed by atoms with Crippen LogP contribution in [0.3, 0.4) is 0 Å². The van der Waals surface area contributed by atoms with E-state index in [1.54, 1.807) is 0 Å². The highest BCUT2D eigenvalue weighted by molar-refractivity contribution is 6.30. The Kier molecular flexibility index (Phi) is 3.82. The first-order chi connectivity index (χ1) is 6.59. The Morgan fingerprint density at radius 2 is 2.07 bits per heavy atom. The summed E-state index contributed by atoms with van der Waals surface area (Å²) in [5.74, 6) is -0.712. The SMILES string of the molecule is Cl.N[C@H](c1cc(Cl)cc(F)c1O)C1CC1. The molecule has 0 bridgehead atoms. The molecular weight excluding hydrogens is 240 g/mol. The zero-order chi connectivity index (χ0) is 10.3. The maximum atomic E-state index is 13.1. The van der Waals surface area contributed by atoms with Gasteiger partial charge in [0.05, 0.1) is 0 Å². The Hall–Kier alpha value is -0.510. The number of aromatic hydroxyl groups is 1. The van der Waals surface area contributed by atoms with Gasteiger partial charge in [-0.05, 0) is 30.9 Å². The van der Waals surface area contributed by atoms with Crippen LogP contribution in [0.2, 0.25) is 5.02 Å². The lowest BCUT2D eigenvalue weighted by molar-refractivity contribution is 0.417. The fourth-order valence-electron chi connectivity index (χ4n) is 1.55. The maximum absolute atomic E-state index is 13.1. The normalized spacial score (nSPS) is 17.0. The molecule has 1 aromatic rings. The quantitative estimate of drug-likeness (QED) is 0.849. The monoisotopic (exact) mass is 251 g/mol. The van der Waals surface area contributed by atoms with Gasteiger partial charge in [0.25, 0.3) is 0 Å². The van der Waals surface area contributed by atoms with Crippen LogP contribution in [0.4, 0.5) is 4.39 Å². The minimum absolute atomic E-state index is 0. The van der Waals surface area contributed by atoms with Crippen molar-refractivity contribution < 1.29 is 9.50 Å². The van der Waals surface area contributed by atoms with Crippen LogP contribution in [0.1, 0.15) is 24.4 Å². The molecule has 1 saturated carbocycles. The Bertz CT molecular complexity index is 369. The van der Waals surface area contributed by atoms with E-state index in [9.17, 15) is 9.50 Å². The number of hydrogen-bond acceptors (Lipinski definition) is 2. The van der Waals surface area contributed by atoms with Crippen LogP contribution >= 0.6 is 24.0 Å². The average Bonchev–Trinajstić information content (AvgIpc) is 2.93. The van der Waals surface area contributed by atoms with Crippen molar-refractivity contribution >= 4 is 24.0 Å². The van der Waals surface area contributed by atoms with E-state index in [1.165, 1.54) is 6.07 Å². The van der Waals surface area contributed by atoms with Crippen molar-refractivity contribution in [3.63, 3.8) is 0 Å². The zero-order valence-corrected chi connectivity index (χ0v) is 9.48. The predicted molar refractivity (Wildman–Crippen MR) is 60.0 cm³/mol. The summed E-state index contributed by atoms with van der Waals surface area (Å²) < 4.78 is 13.1. The van der Waals surface area contributed by atoms with Crippen molar-refractivity contribution in [3.8, 4) is 5.75 Å². The van der Waals surface area contributed by atoms with Crippen LogP contribution in [0.25, 0.3) is 0 Å².